The number of unbranched alkanes of at least 4 members (excludes halogenated alkanes) is 2. The van der Waals surface area contributed by atoms with Crippen LogP contribution in [0.4, 0.5) is 0 Å². The molecule has 2 aromatic carbocycles. The molecule has 2 fully saturated rings. The quantitative estimate of drug-likeness (QED) is 0.109. The van der Waals surface area contributed by atoms with Crippen molar-refractivity contribution in [1.29, 1.82) is 0 Å². The number of carbonyl (C=O) groups excluding carboxylic acids is 12. The van der Waals surface area contributed by atoms with Crippen molar-refractivity contribution in [3.8, 4) is 0 Å². The van der Waals surface area contributed by atoms with Crippen molar-refractivity contribution in [2.45, 2.75) is 233 Å². The minimum absolute atomic E-state index is 0.00288. The van der Waals surface area contributed by atoms with Crippen LogP contribution in [0.2, 0.25) is 0 Å². The van der Waals surface area contributed by atoms with Crippen molar-refractivity contribution in [1.82, 2.24) is 60.9 Å². The predicted octanol–water partition coefficient (Wildman–Crippen LogP) is 3.84. The van der Waals surface area contributed by atoms with Gasteiger partial charge in [0.25, 0.3) is 0 Å². The average molecular weight is 1400 g/mol. The maximum absolute atomic E-state index is 15.5. The Morgan fingerprint density at radius 2 is 1.05 bits per heavy atom. The fourth-order valence-corrected chi connectivity index (χ4v) is 12.4. The fraction of sp³-hybridized carbons (Fsp3) is 0.676. The summed E-state index contributed by atoms with van der Waals surface area (Å²) in [4.78, 5) is 188. The zero-order valence-corrected chi connectivity index (χ0v) is 62.6. The highest BCUT2D eigenvalue weighted by atomic mass is 16.5. The fourth-order valence-electron chi connectivity index (χ4n) is 12.4. The second-order valence-electron chi connectivity index (χ2n) is 29.0. The van der Waals surface area contributed by atoms with Gasteiger partial charge in [0.05, 0.1) is 37.8 Å². The molecule has 6 N–H and O–H groups in total. The molecule has 2 aromatic rings. The van der Waals surface area contributed by atoms with Crippen molar-refractivity contribution < 1.29 is 67.4 Å². The van der Waals surface area contributed by atoms with Gasteiger partial charge in [0.2, 0.25) is 70.9 Å². The lowest BCUT2D eigenvalue weighted by atomic mass is 9.95. The lowest BCUT2D eigenvalue weighted by Gasteiger charge is -2.37. The van der Waals surface area contributed by atoms with E-state index in [4.69, 9.17) is 4.74 Å². The number of nitrogens with one attached hydrogen (secondary N) is 5. The van der Waals surface area contributed by atoms with E-state index in [9.17, 15) is 38.7 Å². The molecule has 100 heavy (non-hydrogen) atoms. The van der Waals surface area contributed by atoms with Gasteiger partial charge in [-0.2, -0.15) is 0 Å². The molecule has 2 aliphatic heterocycles. The molecule has 0 radical (unpaired) electrons. The molecular weight excluding hydrogens is 1280 g/mol. The molecule has 558 valence electrons. The summed E-state index contributed by atoms with van der Waals surface area (Å²) in [7, 11) is 6.94. The van der Waals surface area contributed by atoms with E-state index in [1.54, 1.807) is 100 Å². The summed E-state index contributed by atoms with van der Waals surface area (Å²) in [6.45, 7) is 20.3. The molecule has 0 spiro atoms. The van der Waals surface area contributed by atoms with E-state index in [1.807, 2.05) is 41.5 Å². The molecule has 4 rings (SSSR count). The van der Waals surface area contributed by atoms with Crippen LogP contribution in [-0.4, -0.2) is 251 Å². The van der Waals surface area contributed by atoms with Gasteiger partial charge in [0.15, 0.2) is 0 Å². The number of hydrogen-bond donors (Lipinski definition) is 6. The largest absolute Gasteiger partial charge is 0.391 e. The molecular formula is C74H118N12O14. The van der Waals surface area contributed by atoms with Gasteiger partial charge in [-0.05, 0) is 102 Å². The number of aliphatic hydroxyl groups excluding tert-OH is 1. The van der Waals surface area contributed by atoms with E-state index in [-0.39, 0.29) is 57.1 Å². The number of likely N-dealkylation sites (N-methyl/N-ethyl adjacent to an activating group) is 5. The predicted molar refractivity (Wildman–Crippen MR) is 381 cm³/mol. The molecule has 26 heteroatoms. The monoisotopic (exact) mass is 1400 g/mol. The van der Waals surface area contributed by atoms with Gasteiger partial charge in [-0.1, -0.05) is 135 Å². The van der Waals surface area contributed by atoms with Gasteiger partial charge in [0, 0.05) is 67.7 Å². The Bertz CT molecular complexity index is 3050. The normalized spacial score (nSPS) is 24.6. The number of ether oxygens (including phenoxy) is 1. The van der Waals surface area contributed by atoms with Crippen molar-refractivity contribution in [2.24, 2.45) is 17.8 Å². The summed E-state index contributed by atoms with van der Waals surface area (Å²) in [6, 6.07) is 5.40. The smallest absolute Gasteiger partial charge is 0.248 e. The number of piperidine rings is 1. The summed E-state index contributed by atoms with van der Waals surface area (Å²) in [5, 5.41) is 25.2. The number of amides is 12. The van der Waals surface area contributed by atoms with Crippen LogP contribution in [0, 0.1) is 17.8 Å². The van der Waals surface area contributed by atoms with Gasteiger partial charge in [0.1, 0.15) is 54.4 Å². The van der Waals surface area contributed by atoms with E-state index in [0.29, 0.717) is 56.3 Å². The zero-order valence-electron chi connectivity index (χ0n) is 62.6. The highest BCUT2D eigenvalue weighted by Crippen LogP contribution is 2.23. The minimum atomic E-state index is -1.64. The maximum atomic E-state index is 15.5. The van der Waals surface area contributed by atoms with Crippen LogP contribution in [0.1, 0.15) is 165 Å². The molecule has 2 heterocycles. The van der Waals surface area contributed by atoms with Crippen LogP contribution in [0.25, 0.3) is 0 Å². The Hall–Kier alpha value is -8.00. The third kappa shape index (κ3) is 25.6. The van der Waals surface area contributed by atoms with E-state index >= 15 is 24.0 Å². The molecule has 2 saturated heterocycles. The van der Waals surface area contributed by atoms with Gasteiger partial charge in [-0.3, -0.25) is 57.5 Å². The number of hydrogen-bond acceptors (Lipinski definition) is 14. The molecule has 0 saturated carbocycles. The third-order valence-electron chi connectivity index (χ3n) is 18.7. The first kappa shape index (κ1) is 84.4. The number of benzene rings is 2. The van der Waals surface area contributed by atoms with Crippen molar-refractivity contribution in [3.05, 3.63) is 71.8 Å². The summed E-state index contributed by atoms with van der Waals surface area (Å²) >= 11 is 0. The SMILES string of the molecule is CCCCCN1CC(=O)N[C@@H](COC(C)(C)C)C(=O)N(C)[C@@H](Cc2ccccc2)C(=O)N(C)[C@@H](CC(C)C)C(=O)N[C@H](C(=O)N2CCCCC2)CC(=O)N[C@H](CC(C)C)C(=O)N(C)[C@@H](Cc2ccccc2)C(=O)N[C@@H]([C@@H](C)CC)C(=O)N(C)[C@@H](CC)C(=O)N[C@@H]([C@@H](C)O)C(=O)N(C)CC1=O. The van der Waals surface area contributed by atoms with Crippen LogP contribution in [0.15, 0.2) is 60.7 Å². The first-order valence-corrected chi connectivity index (χ1v) is 35.8. The van der Waals surface area contributed by atoms with Gasteiger partial charge in [-0.15, -0.1) is 0 Å². The Labute approximate surface area is 593 Å². The molecule has 12 amide bonds. The Morgan fingerprint density at radius 3 is 1.58 bits per heavy atom. The number of likely N-dealkylation sites (tertiary alicyclic amines) is 1. The standard InChI is InChI=1S/C74H118N12O14/c1-18-21-29-38-86-44-61(89)76-55(46-100-74(10,11)12)69(95)84(17)59(42-52-34-27-23-28-35-52)71(97)83(16)57(40-48(6)7)66(92)77-54(70(96)85-36-30-24-31-37-85)43-60(88)75-53(39-47(4)5)68(94)82(15)58(41-51-32-25-22-26-33-51)67(93)78-63(49(8)19-2)73(99)81(14)56(20-3)65(91)79-64(50(9)87)72(98)80(13)45-62(86)90/h22-23,25-28,32-35,47-50,53-59,63-64,87H,18-21,24,29-31,36-46H2,1-17H3,(H,75,88)(H,76,89)(H,77,92)(H,78,93)(H,79,91)/t49-,50+,53+,54-,55-,56-,57-,58-,59-,63-,64-/m0/s1. The Kier molecular flexibility index (Phi) is 34.1. The molecule has 0 bridgehead atoms. The summed E-state index contributed by atoms with van der Waals surface area (Å²) < 4.78 is 6.16. The third-order valence-corrected chi connectivity index (χ3v) is 18.7. The van der Waals surface area contributed by atoms with Crippen molar-refractivity contribution >= 4 is 70.9 Å². The van der Waals surface area contributed by atoms with Gasteiger partial charge in [-0.25, -0.2) is 0 Å². The van der Waals surface area contributed by atoms with E-state index in [2.05, 4.69) is 26.6 Å². The Balaban J connectivity index is 1.97. The second-order valence-corrected chi connectivity index (χ2v) is 29.0. The van der Waals surface area contributed by atoms with Crippen LogP contribution in [-0.2, 0) is 75.1 Å². The first-order chi connectivity index (χ1) is 47.0. The lowest BCUT2D eigenvalue weighted by Crippen LogP contribution is -2.62. The molecule has 0 unspecified atom stereocenters. The van der Waals surface area contributed by atoms with Crippen LogP contribution in [0.3, 0.4) is 0 Å². The van der Waals surface area contributed by atoms with Gasteiger partial charge >= 0.3 is 0 Å². The van der Waals surface area contributed by atoms with E-state index in [1.165, 1.54) is 61.8 Å². The first-order valence-electron chi connectivity index (χ1n) is 35.8. The maximum Gasteiger partial charge on any atom is 0.248 e. The number of aliphatic hydroxyl groups is 1. The molecule has 11 atom stereocenters. The molecule has 0 aromatic heterocycles. The topological polar surface area (TPSA) is 317 Å². The van der Waals surface area contributed by atoms with Crippen LogP contribution < -0.4 is 26.6 Å². The number of carbonyl (C=O) groups is 12. The average Bonchev–Trinajstić information content (AvgIpc) is 0.821. The lowest BCUT2D eigenvalue weighted by molar-refractivity contribution is -0.151. The van der Waals surface area contributed by atoms with Gasteiger partial charge < -0.3 is 70.7 Å². The molecule has 0 aliphatic carbocycles. The Morgan fingerprint density at radius 1 is 0.550 bits per heavy atom. The summed E-state index contributed by atoms with van der Waals surface area (Å²) in [6.07, 6.45) is 2.27. The number of nitrogens with zero attached hydrogens (tertiary/aromatic N) is 7. The highest BCUT2D eigenvalue weighted by molar-refractivity contribution is 6.00. The van der Waals surface area contributed by atoms with E-state index in [0.717, 1.165) is 22.6 Å². The highest BCUT2D eigenvalue weighted by Gasteiger charge is 2.43. The molecule has 2 aliphatic rings. The summed E-state index contributed by atoms with van der Waals surface area (Å²) in [5.41, 5.74) is 0.449. The molecule has 26 nitrogen and oxygen atoms in total. The van der Waals surface area contributed by atoms with Crippen LogP contribution in [0.5, 0.6) is 0 Å². The second kappa shape index (κ2) is 40.4. The minimum Gasteiger partial charge on any atom is -0.391 e. The summed E-state index contributed by atoms with van der Waals surface area (Å²) in [5.74, 6) is -9.80. The van der Waals surface area contributed by atoms with Crippen molar-refractivity contribution in [3.63, 3.8) is 0 Å². The van der Waals surface area contributed by atoms with E-state index < -0.39 is 162 Å². The van der Waals surface area contributed by atoms with Crippen LogP contribution >= 0.6 is 0 Å². The zero-order chi connectivity index (χ0) is 74.9. The van der Waals surface area contributed by atoms with Crippen molar-refractivity contribution in [2.75, 3.05) is 74.6 Å². The number of rotatable bonds is 19.